The Hall–Kier alpha value is -3.13. The first-order valence-corrected chi connectivity index (χ1v) is 10.2. The van der Waals surface area contributed by atoms with E-state index in [4.69, 9.17) is 39.5 Å². The second-order valence-corrected chi connectivity index (χ2v) is 7.55. The zero-order chi connectivity index (χ0) is 23.1. The van der Waals surface area contributed by atoms with Gasteiger partial charge in [-0.3, -0.25) is 9.59 Å². The number of amides is 2. The van der Waals surface area contributed by atoms with E-state index in [1.54, 1.807) is 36.4 Å². The van der Waals surface area contributed by atoms with Crippen LogP contribution in [-0.4, -0.2) is 18.0 Å². The van der Waals surface area contributed by atoms with Gasteiger partial charge in [0.2, 0.25) is 0 Å². The quantitative estimate of drug-likeness (QED) is 0.271. The smallest absolute Gasteiger partial charge is 0.329 e. The van der Waals surface area contributed by atoms with Crippen molar-refractivity contribution in [3.63, 3.8) is 0 Å². The summed E-state index contributed by atoms with van der Waals surface area (Å²) in [6, 6.07) is 15.3. The number of hydrazone groups is 1. The van der Waals surface area contributed by atoms with Gasteiger partial charge in [-0.2, -0.15) is 5.10 Å². The molecule has 164 valence electrons. The maximum Gasteiger partial charge on any atom is 0.329 e. The van der Waals surface area contributed by atoms with Crippen molar-refractivity contribution in [3.05, 3.63) is 92.7 Å². The SMILES string of the molecule is O=C(N/N=C\c1cc(Cl)ccc1OCc1c(Cl)cccc1Cl)C(=O)Nc1ccccc1F. The van der Waals surface area contributed by atoms with Crippen molar-refractivity contribution in [2.75, 3.05) is 5.32 Å². The van der Waals surface area contributed by atoms with Gasteiger partial charge in [-0.25, -0.2) is 9.82 Å². The molecule has 0 radical (unpaired) electrons. The molecule has 0 heterocycles. The molecule has 0 spiro atoms. The summed E-state index contributed by atoms with van der Waals surface area (Å²) in [4.78, 5) is 23.9. The highest BCUT2D eigenvalue weighted by Gasteiger charge is 2.15. The number of rotatable bonds is 6. The summed E-state index contributed by atoms with van der Waals surface area (Å²) in [7, 11) is 0. The van der Waals surface area contributed by atoms with Gasteiger partial charge in [0.05, 0.1) is 11.9 Å². The van der Waals surface area contributed by atoms with E-state index in [-0.39, 0.29) is 12.3 Å². The van der Waals surface area contributed by atoms with Crippen molar-refractivity contribution in [1.29, 1.82) is 0 Å². The average molecular weight is 495 g/mol. The van der Waals surface area contributed by atoms with Crippen molar-refractivity contribution in [3.8, 4) is 5.75 Å². The predicted molar refractivity (Wildman–Crippen MR) is 123 cm³/mol. The molecular formula is C22H15Cl3FN3O3. The van der Waals surface area contributed by atoms with Crippen LogP contribution in [0.5, 0.6) is 5.75 Å². The topological polar surface area (TPSA) is 79.8 Å². The van der Waals surface area contributed by atoms with Gasteiger partial charge in [0.15, 0.2) is 0 Å². The van der Waals surface area contributed by atoms with Crippen LogP contribution in [-0.2, 0) is 16.2 Å². The Bertz CT molecular complexity index is 1170. The van der Waals surface area contributed by atoms with Gasteiger partial charge < -0.3 is 10.1 Å². The number of nitrogens with zero attached hydrogens (tertiary/aromatic N) is 1. The van der Waals surface area contributed by atoms with Gasteiger partial charge in [0.25, 0.3) is 0 Å². The number of hydrogen-bond donors (Lipinski definition) is 2. The second kappa shape index (κ2) is 10.9. The van der Waals surface area contributed by atoms with E-state index in [9.17, 15) is 14.0 Å². The van der Waals surface area contributed by atoms with Crippen molar-refractivity contribution < 1.29 is 18.7 Å². The highest BCUT2D eigenvalue weighted by molar-refractivity contribution is 6.39. The fourth-order valence-corrected chi connectivity index (χ4v) is 3.21. The lowest BCUT2D eigenvalue weighted by molar-refractivity contribution is -0.136. The number of halogens is 4. The molecule has 0 unspecified atom stereocenters. The van der Waals surface area contributed by atoms with E-state index < -0.39 is 17.6 Å². The van der Waals surface area contributed by atoms with E-state index in [1.807, 2.05) is 0 Å². The molecule has 0 bridgehead atoms. The molecule has 2 amide bonds. The van der Waals surface area contributed by atoms with Crippen molar-refractivity contribution >= 4 is 58.5 Å². The number of hydrogen-bond acceptors (Lipinski definition) is 4. The van der Waals surface area contributed by atoms with Crippen molar-refractivity contribution in [1.82, 2.24) is 5.43 Å². The molecule has 3 rings (SSSR count). The highest BCUT2D eigenvalue weighted by Crippen LogP contribution is 2.27. The fraction of sp³-hybridized carbons (Fsp3) is 0.0455. The number of carbonyl (C=O) groups is 2. The van der Waals surface area contributed by atoms with Crippen LogP contribution in [0.25, 0.3) is 0 Å². The summed E-state index contributed by atoms with van der Waals surface area (Å²) in [5.41, 5.74) is 2.97. The standard InChI is InChI=1S/C22H15Cl3FN3O3/c23-14-8-9-20(32-12-15-16(24)4-3-5-17(15)25)13(10-14)11-27-29-22(31)21(30)28-19-7-2-1-6-18(19)26/h1-11H,12H2,(H,28,30)(H,29,31)/b27-11-. The van der Waals surface area contributed by atoms with Crippen LogP contribution in [0.4, 0.5) is 10.1 Å². The van der Waals surface area contributed by atoms with E-state index in [0.717, 1.165) is 6.07 Å². The van der Waals surface area contributed by atoms with Gasteiger partial charge in [-0.05, 0) is 42.5 Å². The van der Waals surface area contributed by atoms with Gasteiger partial charge in [0, 0.05) is 26.2 Å². The Labute approximate surface area is 197 Å². The van der Waals surface area contributed by atoms with Crippen LogP contribution >= 0.6 is 34.8 Å². The molecule has 0 saturated carbocycles. The lowest BCUT2D eigenvalue weighted by Gasteiger charge is -2.12. The fourth-order valence-electron chi connectivity index (χ4n) is 2.52. The Kier molecular flexibility index (Phi) is 8.05. The number of benzene rings is 3. The average Bonchev–Trinajstić information content (AvgIpc) is 2.76. The van der Waals surface area contributed by atoms with Gasteiger partial charge in [0.1, 0.15) is 18.2 Å². The summed E-state index contributed by atoms with van der Waals surface area (Å²) in [5, 5.41) is 7.21. The molecule has 0 aromatic heterocycles. The van der Waals surface area contributed by atoms with Crippen LogP contribution in [0.2, 0.25) is 15.1 Å². The molecule has 0 fully saturated rings. The zero-order valence-electron chi connectivity index (χ0n) is 16.2. The van der Waals surface area contributed by atoms with Gasteiger partial charge >= 0.3 is 11.8 Å². The summed E-state index contributed by atoms with van der Waals surface area (Å²) in [5.74, 6) is -2.45. The number of nitrogens with one attached hydrogen (secondary N) is 2. The third kappa shape index (κ3) is 6.20. The monoisotopic (exact) mass is 493 g/mol. The minimum absolute atomic E-state index is 0.0817. The van der Waals surface area contributed by atoms with Crippen LogP contribution in [0.3, 0.4) is 0 Å². The molecule has 0 aliphatic carbocycles. The summed E-state index contributed by atoms with van der Waals surface area (Å²) < 4.78 is 19.4. The molecule has 0 aliphatic rings. The zero-order valence-corrected chi connectivity index (χ0v) is 18.5. The predicted octanol–water partition coefficient (Wildman–Crippen LogP) is 5.45. The summed E-state index contributed by atoms with van der Waals surface area (Å²) >= 11 is 18.3. The molecule has 0 saturated heterocycles. The molecule has 3 aromatic carbocycles. The number of ether oxygens (including phenoxy) is 1. The van der Waals surface area contributed by atoms with E-state index in [0.29, 0.717) is 31.9 Å². The lowest BCUT2D eigenvalue weighted by atomic mass is 10.2. The van der Waals surface area contributed by atoms with Crippen LogP contribution in [0.15, 0.2) is 65.8 Å². The summed E-state index contributed by atoms with van der Waals surface area (Å²) in [6.07, 6.45) is 1.25. The highest BCUT2D eigenvalue weighted by atomic mass is 35.5. The molecular weight excluding hydrogens is 480 g/mol. The maximum atomic E-state index is 13.6. The third-order valence-corrected chi connectivity index (χ3v) is 5.05. The second-order valence-electron chi connectivity index (χ2n) is 6.30. The minimum Gasteiger partial charge on any atom is -0.488 e. The molecule has 2 N–H and O–H groups in total. The number of carbonyl (C=O) groups excluding carboxylic acids is 2. The third-order valence-electron chi connectivity index (χ3n) is 4.10. The maximum absolute atomic E-state index is 13.6. The number of para-hydroxylation sites is 1. The normalized spacial score (nSPS) is 10.8. The van der Waals surface area contributed by atoms with Crippen LogP contribution in [0, 0.1) is 5.82 Å². The van der Waals surface area contributed by atoms with Crippen molar-refractivity contribution in [2.24, 2.45) is 5.10 Å². The molecule has 0 atom stereocenters. The minimum atomic E-state index is -1.09. The van der Waals surface area contributed by atoms with E-state index >= 15 is 0 Å². The number of anilines is 1. The first-order valence-electron chi connectivity index (χ1n) is 9.09. The lowest BCUT2D eigenvalue weighted by Crippen LogP contribution is -2.32. The van der Waals surface area contributed by atoms with E-state index in [2.05, 4.69) is 15.8 Å². The first kappa shape index (κ1) is 23.5. The Balaban J connectivity index is 1.66. The molecule has 3 aromatic rings. The first-order chi connectivity index (χ1) is 15.3. The van der Waals surface area contributed by atoms with Crippen molar-refractivity contribution in [2.45, 2.75) is 6.61 Å². The van der Waals surface area contributed by atoms with E-state index in [1.165, 1.54) is 24.4 Å². The molecule has 6 nitrogen and oxygen atoms in total. The molecule has 0 aliphatic heterocycles. The van der Waals surface area contributed by atoms with Crippen LogP contribution in [0.1, 0.15) is 11.1 Å². The Morgan fingerprint density at radius 2 is 1.69 bits per heavy atom. The molecule has 10 heteroatoms. The Morgan fingerprint density at radius 1 is 0.969 bits per heavy atom. The molecule has 32 heavy (non-hydrogen) atoms. The van der Waals surface area contributed by atoms with Crippen LogP contribution < -0.4 is 15.5 Å². The van der Waals surface area contributed by atoms with Gasteiger partial charge in [-0.1, -0.05) is 53.0 Å². The largest absolute Gasteiger partial charge is 0.488 e. The summed E-state index contributed by atoms with van der Waals surface area (Å²) in [6.45, 7) is 0.0817. The Morgan fingerprint density at radius 3 is 2.41 bits per heavy atom. The van der Waals surface area contributed by atoms with Gasteiger partial charge in [-0.15, -0.1) is 0 Å².